The molecule has 0 bridgehead atoms. The Morgan fingerprint density at radius 1 is 0.477 bits per heavy atom. The van der Waals surface area contributed by atoms with Gasteiger partial charge in [0.1, 0.15) is 0 Å². The van der Waals surface area contributed by atoms with E-state index in [2.05, 4.69) is 101 Å². The third kappa shape index (κ3) is 6.29. The molecule has 5 aromatic carbocycles. The average molecular weight is 759 g/mol. The molecule has 0 aliphatic rings. The largest absolute Gasteiger partial charge is 0.305 e. The molecule has 0 aliphatic carbocycles. The number of nitrogens with zero attached hydrogens (tertiary/aromatic N) is 2. The molecule has 0 aliphatic heterocycles. The molecule has 0 amide bonds. The summed E-state index contributed by atoms with van der Waals surface area (Å²) >= 11 is 1.87. The Morgan fingerprint density at radius 3 is 1.91 bits per heavy atom. The summed E-state index contributed by atoms with van der Waals surface area (Å²) in [7, 11) is 0. The molecule has 1 radical (unpaired) electrons. The third-order valence-electron chi connectivity index (χ3n) is 7.30. The van der Waals surface area contributed by atoms with Gasteiger partial charge in [-0.25, -0.2) is 0 Å². The van der Waals surface area contributed by atoms with Gasteiger partial charge in [-0.2, -0.15) is 0 Å². The van der Waals surface area contributed by atoms with Crippen LogP contribution in [0.1, 0.15) is 0 Å². The van der Waals surface area contributed by atoms with E-state index in [1.807, 2.05) is 84.3 Å². The molecule has 0 N–H and O–H groups in total. The first-order valence-electron chi connectivity index (χ1n) is 14.2. The van der Waals surface area contributed by atoms with Crippen molar-refractivity contribution >= 4 is 31.5 Å². The van der Waals surface area contributed by atoms with Crippen LogP contribution in [0.3, 0.4) is 0 Å². The summed E-state index contributed by atoms with van der Waals surface area (Å²) < 4.78 is 2.68. The number of fused-ring (bicyclic) bond motifs is 3. The first-order chi connectivity index (χ1) is 21.3. The quantitative estimate of drug-likeness (QED) is 0.167. The van der Waals surface area contributed by atoms with E-state index in [0.717, 1.165) is 22.5 Å². The van der Waals surface area contributed by atoms with Crippen LogP contribution in [0.15, 0.2) is 158 Å². The van der Waals surface area contributed by atoms with E-state index in [9.17, 15) is 0 Å². The summed E-state index contributed by atoms with van der Waals surface area (Å²) in [6.45, 7) is 0. The van der Waals surface area contributed by atoms with Crippen molar-refractivity contribution in [2.24, 2.45) is 0 Å². The first kappa shape index (κ1) is 29.3. The fraction of sp³-hybridized carbons (Fsp3) is 0. The maximum absolute atomic E-state index is 4.47. The van der Waals surface area contributed by atoms with E-state index in [-0.39, 0.29) is 20.1 Å². The topological polar surface area (TPSA) is 25.8 Å². The van der Waals surface area contributed by atoms with E-state index in [1.54, 1.807) is 6.20 Å². The maximum Gasteiger partial charge on any atom is 0.0433 e. The summed E-state index contributed by atoms with van der Waals surface area (Å²) in [6, 6.07) is 56.5. The van der Waals surface area contributed by atoms with Gasteiger partial charge in [-0.05, 0) is 52.3 Å². The minimum Gasteiger partial charge on any atom is -0.305 e. The first-order valence-corrected chi connectivity index (χ1v) is 15.0. The minimum atomic E-state index is 0. The van der Waals surface area contributed by atoms with Crippen molar-refractivity contribution in [3.05, 3.63) is 170 Å². The number of hydrogen-bond donors (Lipinski definition) is 0. The second-order valence-electron chi connectivity index (χ2n) is 10.1. The molecule has 0 saturated carbocycles. The second-order valence-corrected chi connectivity index (χ2v) is 11.1. The van der Waals surface area contributed by atoms with Gasteiger partial charge < -0.3 is 9.97 Å². The summed E-state index contributed by atoms with van der Waals surface area (Å²) in [6.07, 6.45) is 3.61. The molecule has 0 spiro atoms. The molecule has 4 heteroatoms. The van der Waals surface area contributed by atoms with Gasteiger partial charge in [0.05, 0.1) is 0 Å². The fourth-order valence-corrected chi connectivity index (χ4v) is 6.47. The van der Waals surface area contributed by atoms with Gasteiger partial charge in [0, 0.05) is 52.7 Å². The van der Waals surface area contributed by atoms with E-state index < -0.39 is 0 Å². The van der Waals surface area contributed by atoms with Crippen LogP contribution >= 0.6 is 11.3 Å². The van der Waals surface area contributed by atoms with Gasteiger partial charge in [-0.3, -0.25) is 0 Å². The molecule has 0 fully saturated rings. The Labute approximate surface area is 275 Å². The molecule has 213 valence electrons. The zero-order valence-electron chi connectivity index (χ0n) is 23.6. The van der Waals surface area contributed by atoms with Crippen LogP contribution in [-0.4, -0.2) is 9.97 Å². The van der Waals surface area contributed by atoms with Gasteiger partial charge in [-0.1, -0.05) is 78.9 Å². The number of rotatable bonds is 4. The van der Waals surface area contributed by atoms with Crippen molar-refractivity contribution in [1.29, 1.82) is 0 Å². The summed E-state index contributed by atoms with van der Waals surface area (Å²) in [5, 5.41) is 2.66. The Kier molecular flexibility index (Phi) is 9.14. The van der Waals surface area contributed by atoms with Gasteiger partial charge >= 0.3 is 0 Å². The monoisotopic (exact) mass is 759 g/mol. The number of hydrogen-bond acceptors (Lipinski definition) is 3. The van der Waals surface area contributed by atoms with Crippen LogP contribution < -0.4 is 0 Å². The molecule has 0 unspecified atom stereocenters. The Bertz CT molecular complexity index is 2090. The van der Waals surface area contributed by atoms with E-state index in [4.69, 9.17) is 0 Å². The fourth-order valence-electron chi connectivity index (χ4n) is 5.23. The minimum absolute atomic E-state index is 0. The Morgan fingerprint density at radius 2 is 1.14 bits per heavy atom. The Balaban J connectivity index is 0.000000222. The van der Waals surface area contributed by atoms with Crippen LogP contribution in [0.25, 0.3) is 64.9 Å². The van der Waals surface area contributed by atoms with Crippen LogP contribution in [0.4, 0.5) is 0 Å². The van der Waals surface area contributed by atoms with Crippen LogP contribution in [0.5, 0.6) is 0 Å². The smallest absolute Gasteiger partial charge is 0.0433 e. The predicted molar refractivity (Wildman–Crippen MR) is 181 cm³/mol. The maximum atomic E-state index is 4.47. The van der Waals surface area contributed by atoms with E-state index in [0.29, 0.717) is 0 Å². The summed E-state index contributed by atoms with van der Waals surface area (Å²) in [5.41, 5.74) is 8.85. The molecule has 8 aromatic rings. The second kappa shape index (κ2) is 13.7. The normalized spacial score (nSPS) is 10.5. The molecular formula is C40H26IrN2S-2. The van der Waals surface area contributed by atoms with Crippen LogP contribution in [-0.2, 0) is 20.1 Å². The molecule has 0 saturated heterocycles. The van der Waals surface area contributed by atoms with Gasteiger partial charge in [0.2, 0.25) is 0 Å². The van der Waals surface area contributed by atoms with Crippen molar-refractivity contribution in [3.8, 4) is 44.8 Å². The number of benzene rings is 5. The predicted octanol–water partition coefficient (Wildman–Crippen LogP) is 10.8. The standard InChI is InChI=1S/C29H18NS.C11H8N.Ir/c1-2-16-28-25(12-1)26-14-7-13-24(29(26)31-28)22-10-5-8-20(18-22)21-9-6-11-23(19-21)27-15-3-4-17-30-27;1-2-6-10(7-3-1)11-8-4-5-9-12-11;/h1-10,12-19H;1-6,8-9H;/q2*-1;. The van der Waals surface area contributed by atoms with Crippen LogP contribution in [0, 0.1) is 12.1 Å². The van der Waals surface area contributed by atoms with Crippen molar-refractivity contribution in [2.45, 2.75) is 0 Å². The zero-order chi connectivity index (χ0) is 28.8. The van der Waals surface area contributed by atoms with E-state index >= 15 is 0 Å². The molecule has 8 rings (SSSR count). The molecule has 44 heavy (non-hydrogen) atoms. The Hall–Kier alpha value is -4.73. The van der Waals surface area contributed by atoms with Gasteiger partial charge in [0.15, 0.2) is 0 Å². The summed E-state index contributed by atoms with van der Waals surface area (Å²) in [4.78, 5) is 8.69. The van der Waals surface area contributed by atoms with Crippen molar-refractivity contribution in [1.82, 2.24) is 9.97 Å². The van der Waals surface area contributed by atoms with Crippen molar-refractivity contribution < 1.29 is 20.1 Å². The van der Waals surface area contributed by atoms with Crippen molar-refractivity contribution in [3.63, 3.8) is 0 Å². The van der Waals surface area contributed by atoms with Crippen LogP contribution in [0.2, 0.25) is 0 Å². The zero-order valence-corrected chi connectivity index (χ0v) is 26.9. The van der Waals surface area contributed by atoms with E-state index in [1.165, 1.54) is 42.4 Å². The molecule has 3 heterocycles. The molecule has 3 aromatic heterocycles. The number of thiophene rings is 1. The molecule has 0 atom stereocenters. The van der Waals surface area contributed by atoms with Crippen molar-refractivity contribution in [2.75, 3.05) is 0 Å². The molecule has 2 nitrogen and oxygen atoms in total. The van der Waals surface area contributed by atoms with Gasteiger partial charge in [-0.15, -0.1) is 82.6 Å². The third-order valence-corrected chi connectivity index (χ3v) is 8.52. The van der Waals surface area contributed by atoms with Gasteiger partial charge in [0.25, 0.3) is 0 Å². The molecular weight excluding hydrogens is 733 g/mol. The SMILES string of the molecule is [Ir].[c-]1ccc(-c2cccc(-c3cccc4c3sc3ccccc34)c2)cc1-c1ccccn1.[c-]1ccccc1-c1ccccn1. The number of pyridine rings is 2. The number of aromatic nitrogens is 2. The summed E-state index contributed by atoms with van der Waals surface area (Å²) in [5.74, 6) is 0. The average Bonchev–Trinajstić information content (AvgIpc) is 3.49.